The lowest BCUT2D eigenvalue weighted by molar-refractivity contribution is -2.00. The highest BCUT2D eigenvalue weighted by atomic mass is 35.7. The highest BCUT2D eigenvalue weighted by Crippen LogP contribution is 2.29. The van der Waals surface area contributed by atoms with Crippen LogP contribution in [0, 0.1) is 10.2 Å². The Bertz CT molecular complexity index is 1080. The minimum Gasteiger partial charge on any atom is -0.222 e. The molecule has 0 aliphatic rings. The fourth-order valence-corrected chi connectivity index (χ4v) is 2.79. The molecular formula is C23H17ClO5. The molecule has 0 bridgehead atoms. The van der Waals surface area contributed by atoms with Gasteiger partial charge in [-0.3, -0.25) is 0 Å². The molecule has 0 unspecified atom stereocenters. The zero-order valence-electron chi connectivity index (χ0n) is 15.2. The van der Waals surface area contributed by atoms with Gasteiger partial charge in [-0.05, 0) is 23.8 Å². The van der Waals surface area contributed by atoms with E-state index in [1.807, 2.05) is 54.6 Å². The van der Waals surface area contributed by atoms with Crippen molar-refractivity contribution >= 4 is 23.1 Å². The van der Waals surface area contributed by atoms with E-state index in [1.165, 1.54) is 5.56 Å². The van der Waals surface area contributed by atoms with Crippen LogP contribution in [0.15, 0.2) is 95.4 Å². The summed E-state index contributed by atoms with van der Waals surface area (Å²) in [4.78, 5) is 0. The molecule has 0 atom stereocenters. The van der Waals surface area contributed by atoms with Gasteiger partial charge in [0.1, 0.15) is 0 Å². The van der Waals surface area contributed by atoms with Crippen LogP contribution in [0.4, 0.5) is 0 Å². The van der Waals surface area contributed by atoms with E-state index in [1.54, 1.807) is 0 Å². The topological polar surface area (TPSA) is 104 Å². The number of rotatable bonds is 3. The predicted octanol–water partition coefficient (Wildman–Crippen LogP) is 1.80. The number of fused-ring (bicyclic) bond motifs is 1. The third-order valence-electron chi connectivity index (χ3n) is 4.02. The molecule has 0 amide bonds. The Hall–Kier alpha value is -3.06. The van der Waals surface area contributed by atoms with Crippen molar-refractivity contribution in [2.45, 2.75) is 0 Å². The summed E-state index contributed by atoms with van der Waals surface area (Å²) in [5, 5.41) is 1.12. The van der Waals surface area contributed by atoms with E-state index in [-0.39, 0.29) is 0 Å². The highest BCUT2D eigenvalue weighted by Gasteiger charge is 2.17. The zero-order chi connectivity index (χ0) is 20.7. The average Bonchev–Trinajstić information content (AvgIpc) is 2.72. The van der Waals surface area contributed by atoms with Crippen LogP contribution in [0.5, 0.6) is 0 Å². The van der Waals surface area contributed by atoms with Gasteiger partial charge in [0.25, 0.3) is 0 Å². The Labute approximate surface area is 170 Å². The maximum absolute atomic E-state index is 8.49. The summed E-state index contributed by atoms with van der Waals surface area (Å²) < 4.78 is 40.1. The highest BCUT2D eigenvalue weighted by molar-refractivity contribution is 5.91. The van der Waals surface area contributed by atoms with Gasteiger partial charge in [0.15, 0.2) is 0 Å². The summed E-state index contributed by atoms with van der Waals surface area (Å²) in [6.07, 6.45) is 4.29. The van der Waals surface area contributed by atoms with Crippen molar-refractivity contribution < 1.29 is 33.3 Å². The molecule has 1 aromatic heterocycles. The SMILES string of the molecule is C(=Cc1cc(-c2ccccc2)[o+]c2ccccc12)c1ccccc1.[O-][Cl+3]([O-])([O-])[O-]. The molecule has 4 aromatic rings. The van der Waals surface area contributed by atoms with Gasteiger partial charge in [0, 0.05) is 11.6 Å². The van der Waals surface area contributed by atoms with Crippen molar-refractivity contribution in [3.63, 3.8) is 0 Å². The van der Waals surface area contributed by atoms with Crippen LogP contribution in [0.2, 0.25) is 0 Å². The predicted molar refractivity (Wildman–Crippen MR) is 101 cm³/mol. The van der Waals surface area contributed by atoms with Crippen molar-refractivity contribution in [1.29, 1.82) is 0 Å². The van der Waals surface area contributed by atoms with Crippen LogP contribution in [0.1, 0.15) is 11.1 Å². The standard InChI is InChI=1S/C23H17O.ClHO4/c1-3-9-18(10-4-1)15-16-20-17-23(19-11-5-2-6-12-19)24-22-14-8-7-13-21(20)22;2-1(3,4)5/h1-17H;(H,2,3,4,5)/q+1;/p-1. The summed E-state index contributed by atoms with van der Waals surface area (Å²) >= 11 is 0. The fraction of sp³-hybridized carbons (Fsp3) is 0. The third-order valence-corrected chi connectivity index (χ3v) is 4.02. The van der Waals surface area contributed by atoms with Crippen LogP contribution in [0.3, 0.4) is 0 Å². The van der Waals surface area contributed by atoms with Gasteiger partial charge in [-0.15, -0.1) is 10.2 Å². The van der Waals surface area contributed by atoms with Crippen LogP contribution in [-0.4, -0.2) is 0 Å². The first-order chi connectivity index (χ1) is 13.9. The first kappa shape index (κ1) is 20.7. The molecule has 3 aromatic carbocycles. The van der Waals surface area contributed by atoms with Crippen molar-refractivity contribution in [2.24, 2.45) is 0 Å². The number of halogens is 1. The van der Waals surface area contributed by atoms with E-state index in [9.17, 15) is 0 Å². The minimum absolute atomic E-state index is 0.877. The van der Waals surface area contributed by atoms with Crippen molar-refractivity contribution in [2.75, 3.05) is 0 Å². The zero-order valence-corrected chi connectivity index (χ0v) is 16.0. The average molecular weight is 409 g/mol. The van der Waals surface area contributed by atoms with Gasteiger partial charge in [0.05, 0.1) is 17.0 Å². The van der Waals surface area contributed by atoms with Crippen molar-refractivity contribution in [3.8, 4) is 11.3 Å². The van der Waals surface area contributed by atoms with Crippen LogP contribution >= 0.6 is 0 Å². The van der Waals surface area contributed by atoms with Gasteiger partial charge in [-0.1, -0.05) is 72.8 Å². The van der Waals surface area contributed by atoms with Crippen LogP contribution in [0.25, 0.3) is 34.4 Å². The lowest BCUT2D eigenvalue weighted by atomic mass is 10.0. The molecule has 0 aliphatic heterocycles. The van der Waals surface area contributed by atoms with Crippen molar-refractivity contribution in [3.05, 3.63) is 102 Å². The first-order valence-corrected chi connectivity index (χ1v) is 9.90. The Morgan fingerprint density at radius 2 is 1.21 bits per heavy atom. The van der Waals surface area contributed by atoms with E-state index in [0.717, 1.165) is 27.9 Å². The van der Waals surface area contributed by atoms with Gasteiger partial charge in [-0.2, -0.15) is 0 Å². The minimum atomic E-state index is -4.94. The van der Waals surface area contributed by atoms with E-state index >= 15 is 0 Å². The number of hydrogen-bond donors (Lipinski definition) is 0. The number of benzene rings is 3. The molecule has 5 nitrogen and oxygen atoms in total. The Morgan fingerprint density at radius 1 is 0.655 bits per heavy atom. The molecule has 29 heavy (non-hydrogen) atoms. The monoisotopic (exact) mass is 408 g/mol. The molecule has 0 saturated carbocycles. The molecular weight excluding hydrogens is 392 g/mol. The largest absolute Gasteiger partial charge is 0.361 e. The van der Waals surface area contributed by atoms with Gasteiger partial charge < -0.3 is 0 Å². The smallest absolute Gasteiger partial charge is 0.222 e. The summed E-state index contributed by atoms with van der Waals surface area (Å²) in [5.41, 5.74) is 4.31. The second kappa shape index (κ2) is 9.43. The van der Waals surface area contributed by atoms with Gasteiger partial charge in [0.2, 0.25) is 0 Å². The number of hydrogen-bond acceptors (Lipinski definition) is 4. The quantitative estimate of drug-likeness (QED) is 0.481. The lowest BCUT2D eigenvalue weighted by Gasteiger charge is -2.17. The fourth-order valence-electron chi connectivity index (χ4n) is 2.79. The van der Waals surface area contributed by atoms with E-state index in [2.05, 4.69) is 48.6 Å². The Kier molecular flexibility index (Phi) is 6.72. The van der Waals surface area contributed by atoms with Gasteiger partial charge in [-0.25, -0.2) is 23.1 Å². The Balaban J connectivity index is 0.000000431. The van der Waals surface area contributed by atoms with E-state index < -0.39 is 10.2 Å². The normalized spacial score (nSPS) is 11.3. The first-order valence-electron chi connectivity index (χ1n) is 8.66. The lowest BCUT2D eigenvalue weighted by Crippen LogP contribution is -2.68. The molecule has 0 aliphatic carbocycles. The van der Waals surface area contributed by atoms with Crippen molar-refractivity contribution in [1.82, 2.24) is 0 Å². The molecule has 1 heterocycles. The molecule has 4 rings (SSSR count). The van der Waals surface area contributed by atoms with E-state index in [0.29, 0.717) is 0 Å². The molecule has 146 valence electrons. The molecule has 0 saturated heterocycles. The summed E-state index contributed by atoms with van der Waals surface area (Å²) in [6, 6.07) is 30.8. The molecule has 6 heteroatoms. The molecule has 0 N–H and O–H groups in total. The summed E-state index contributed by atoms with van der Waals surface area (Å²) in [7, 11) is -4.94. The summed E-state index contributed by atoms with van der Waals surface area (Å²) in [5.74, 6) is 0.877. The maximum Gasteiger partial charge on any atom is 0.361 e. The third kappa shape index (κ3) is 6.50. The number of para-hydroxylation sites is 1. The Morgan fingerprint density at radius 3 is 1.86 bits per heavy atom. The second-order valence-corrected chi connectivity index (χ2v) is 6.81. The molecule has 0 spiro atoms. The molecule has 0 radical (unpaired) electrons. The van der Waals surface area contributed by atoms with E-state index in [4.69, 9.17) is 23.1 Å². The summed E-state index contributed by atoms with van der Waals surface area (Å²) in [6.45, 7) is 0. The second-order valence-electron chi connectivity index (χ2n) is 6.05. The molecule has 0 fully saturated rings. The maximum atomic E-state index is 8.49. The van der Waals surface area contributed by atoms with Gasteiger partial charge >= 0.3 is 11.3 Å². The van der Waals surface area contributed by atoms with Crippen LogP contribution < -0.4 is 18.6 Å². The van der Waals surface area contributed by atoms with Crippen LogP contribution in [-0.2, 0) is 0 Å².